The Morgan fingerprint density at radius 1 is 1.55 bits per heavy atom. The molecule has 0 radical (unpaired) electrons. The van der Waals surface area contributed by atoms with Crippen molar-refractivity contribution in [3.63, 3.8) is 0 Å². The number of aromatic nitrogens is 2. The summed E-state index contributed by atoms with van der Waals surface area (Å²) in [7, 11) is 1.78. The van der Waals surface area contributed by atoms with E-state index in [0.29, 0.717) is 12.2 Å². The zero-order valence-corrected chi connectivity index (χ0v) is 12.8. The Kier molecular flexibility index (Phi) is 4.77. The van der Waals surface area contributed by atoms with Crippen LogP contribution in [0.2, 0.25) is 0 Å². The van der Waals surface area contributed by atoms with Gasteiger partial charge in [-0.2, -0.15) is 4.99 Å². The van der Waals surface area contributed by atoms with E-state index in [9.17, 15) is 4.79 Å². The van der Waals surface area contributed by atoms with Crippen LogP contribution in [0, 0.1) is 13.8 Å². The molecule has 0 saturated carbocycles. The van der Waals surface area contributed by atoms with Gasteiger partial charge in [0, 0.05) is 31.6 Å². The van der Waals surface area contributed by atoms with Crippen molar-refractivity contribution in [3.8, 4) is 0 Å². The van der Waals surface area contributed by atoms with Crippen LogP contribution < -0.4 is 11.1 Å². The summed E-state index contributed by atoms with van der Waals surface area (Å²) in [5.74, 6) is 0.539. The number of nitrogens with zero attached hydrogens (tertiary/aromatic N) is 3. The molecular formula is C15H19N5O2. The second-order valence-electron chi connectivity index (χ2n) is 4.86. The molecule has 22 heavy (non-hydrogen) atoms. The van der Waals surface area contributed by atoms with Crippen molar-refractivity contribution in [1.82, 2.24) is 15.0 Å². The van der Waals surface area contributed by atoms with E-state index in [4.69, 9.17) is 10.3 Å². The van der Waals surface area contributed by atoms with Crippen LogP contribution in [0.1, 0.15) is 27.5 Å². The Morgan fingerprint density at radius 2 is 2.32 bits per heavy atom. The Morgan fingerprint density at radius 3 is 2.91 bits per heavy atom. The van der Waals surface area contributed by atoms with Crippen molar-refractivity contribution in [2.45, 2.75) is 20.4 Å². The summed E-state index contributed by atoms with van der Waals surface area (Å²) in [6, 6.07) is 3.47. The summed E-state index contributed by atoms with van der Waals surface area (Å²) in [6.45, 7) is 4.30. The zero-order chi connectivity index (χ0) is 16.1. The lowest BCUT2D eigenvalue weighted by atomic mass is 10.2. The minimum Gasteiger partial charge on any atom is -0.386 e. The molecule has 0 fully saturated rings. The molecule has 0 aliphatic heterocycles. The maximum atomic E-state index is 11.9. The summed E-state index contributed by atoms with van der Waals surface area (Å²) >= 11 is 0. The van der Waals surface area contributed by atoms with Crippen LogP contribution in [0.5, 0.6) is 0 Å². The minimum absolute atomic E-state index is 0.137. The van der Waals surface area contributed by atoms with Gasteiger partial charge in [0.15, 0.2) is 0 Å². The second kappa shape index (κ2) is 6.75. The number of carbonyl (C=O) groups excluding carboxylic acids is 1. The Hall–Kier alpha value is -2.83. The second-order valence-corrected chi connectivity index (χ2v) is 4.86. The smallest absolute Gasteiger partial charge is 0.295 e. The molecule has 2 rings (SSSR count). The van der Waals surface area contributed by atoms with Crippen LogP contribution in [0.3, 0.4) is 0 Å². The third kappa shape index (κ3) is 3.63. The molecule has 2 heterocycles. The first kappa shape index (κ1) is 15.6. The Labute approximate surface area is 128 Å². The van der Waals surface area contributed by atoms with E-state index in [2.05, 4.69) is 15.5 Å². The van der Waals surface area contributed by atoms with E-state index in [1.54, 1.807) is 42.2 Å². The monoisotopic (exact) mass is 301 g/mol. The highest BCUT2D eigenvalue weighted by atomic mass is 16.5. The van der Waals surface area contributed by atoms with Crippen molar-refractivity contribution in [2.24, 2.45) is 17.8 Å². The standard InChI is InChI=1S/C15H19N5O2/c1-10-12(11(2)22-19-10)9-17-7-6-14(16)18-15(21)13-5-4-8-20(13)3/h4-8,17H,9H2,1-3H3,(H2,16,18,21)/b7-6-. The summed E-state index contributed by atoms with van der Waals surface area (Å²) in [5.41, 5.74) is 8.04. The predicted octanol–water partition coefficient (Wildman–Crippen LogP) is 1.43. The van der Waals surface area contributed by atoms with Crippen LogP contribution in [-0.2, 0) is 13.6 Å². The highest BCUT2D eigenvalue weighted by Gasteiger charge is 2.08. The molecule has 0 aliphatic rings. The quantitative estimate of drug-likeness (QED) is 0.643. The van der Waals surface area contributed by atoms with Crippen LogP contribution in [0.15, 0.2) is 40.1 Å². The lowest BCUT2D eigenvalue weighted by Crippen LogP contribution is -2.14. The van der Waals surface area contributed by atoms with E-state index < -0.39 is 0 Å². The molecular weight excluding hydrogens is 282 g/mol. The van der Waals surface area contributed by atoms with Crippen molar-refractivity contribution in [3.05, 3.63) is 53.3 Å². The molecule has 7 nitrogen and oxygen atoms in total. The van der Waals surface area contributed by atoms with E-state index >= 15 is 0 Å². The normalized spacial score (nSPS) is 12.0. The molecule has 116 valence electrons. The fraction of sp³-hybridized carbons (Fsp3) is 0.267. The van der Waals surface area contributed by atoms with Gasteiger partial charge in [-0.3, -0.25) is 4.79 Å². The molecule has 0 bridgehead atoms. The average Bonchev–Trinajstić information content (AvgIpc) is 3.02. The third-order valence-corrected chi connectivity index (χ3v) is 3.23. The SMILES string of the molecule is Cc1noc(C)c1CN/C=C\C(N)=NC(=O)c1cccn1C. The first-order valence-corrected chi connectivity index (χ1v) is 6.80. The molecule has 7 heteroatoms. The van der Waals surface area contributed by atoms with Gasteiger partial charge < -0.3 is 20.1 Å². The average molecular weight is 301 g/mol. The summed E-state index contributed by atoms with van der Waals surface area (Å²) in [5, 5.41) is 6.93. The molecule has 3 N–H and O–H groups in total. The number of nitrogens with two attached hydrogens (primary N) is 1. The number of amidine groups is 1. The Balaban J connectivity index is 1.91. The lowest BCUT2D eigenvalue weighted by Gasteiger charge is -2.00. The van der Waals surface area contributed by atoms with Gasteiger partial charge in [0.05, 0.1) is 5.69 Å². The summed E-state index contributed by atoms with van der Waals surface area (Å²) < 4.78 is 6.76. The Bertz CT molecular complexity index is 705. The van der Waals surface area contributed by atoms with Gasteiger partial charge in [-0.15, -0.1) is 0 Å². The van der Waals surface area contributed by atoms with Crippen molar-refractivity contribution < 1.29 is 9.32 Å². The van der Waals surface area contributed by atoms with Gasteiger partial charge in [-0.1, -0.05) is 5.16 Å². The van der Waals surface area contributed by atoms with Gasteiger partial charge in [-0.25, -0.2) is 0 Å². The fourth-order valence-corrected chi connectivity index (χ4v) is 1.95. The molecule has 2 aromatic rings. The number of nitrogens with one attached hydrogen (secondary N) is 1. The van der Waals surface area contributed by atoms with E-state index in [-0.39, 0.29) is 11.7 Å². The van der Waals surface area contributed by atoms with Crippen LogP contribution in [0.25, 0.3) is 0 Å². The maximum Gasteiger partial charge on any atom is 0.295 e. The number of hydrogen-bond acceptors (Lipinski definition) is 4. The van der Waals surface area contributed by atoms with Crippen LogP contribution in [-0.4, -0.2) is 21.5 Å². The molecule has 0 atom stereocenters. The topological polar surface area (TPSA) is 98.4 Å². The zero-order valence-electron chi connectivity index (χ0n) is 12.8. The summed E-state index contributed by atoms with van der Waals surface area (Å²) in [4.78, 5) is 15.7. The number of hydrogen-bond donors (Lipinski definition) is 2. The molecule has 0 aromatic carbocycles. The molecule has 0 saturated heterocycles. The highest BCUT2D eigenvalue weighted by Crippen LogP contribution is 2.11. The molecule has 0 unspecified atom stereocenters. The summed E-state index contributed by atoms with van der Waals surface area (Å²) in [6.07, 6.45) is 4.96. The lowest BCUT2D eigenvalue weighted by molar-refractivity contribution is 0.0995. The molecule has 2 aromatic heterocycles. The number of aryl methyl sites for hydroxylation is 3. The highest BCUT2D eigenvalue weighted by molar-refractivity contribution is 6.05. The predicted molar refractivity (Wildman–Crippen MR) is 83.3 cm³/mol. The van der Waals surface area contributed by atoms with Gasteiger partial charge in [0.1, 0.15) is 17.3 Å². The van der Waals surface area contributed by atoms with Crippen molar-refractivity contribution in [1.29, 1.82) is 0 Å². The maximum absolute atomic E-state index is 11.9. The first-order valence-electron chi connectivity index (χ1n) is 6.80. The van der Waals surface area contributed by atoms with Gasteiger partial charge in [0.2, 0.25) is 0 Å². The molecule has 1 amide bonds. The van der Waals surface area contributed by atoms with E-state index in [1.165, 1.54) is 0 Å². The van der Waals surface area contributed by atoms with Crippen LogP contribution >= 0.6 is 0 Å². The van der Waals surface area contributed by atoms with Crippen molar-refractivity contribution in [2.75, 3.05) is 0 Å². The van der Waals surface area contributed by atoms with E-state index in [1.807, 2.05) is 13.8 Å². The number of carbonyl (C=O) groups is 1. The van der Waals surface area contributed by atoms with Gasteiger partial charge >= 0.3 is 0 Å². The van der Waals surface area contributed by atoms with E-state index in [0.717, 1.165) is 17.0 Å². The minimum atomic E-state index is -0.375. The number of aliphatic imine (C=N–C) groups is 1. The van der Waals surface area contributed by atoms with Gasteiger partial charge in [0.25, 0.3) is 5.91 Å². The molecule has 0 aliphatic carbocycles. The number of rotatable bonds is 5. The fourth-order valence-electron chi connectivity index (χ4n) is 1.95. The first-order chi connectivity index (χ1) is 10.5. The largest absolute Gasteiger partial charge is 0.386 e. The number of amides is 1. The van der Waals surface area contributed by atoms with Gasteiger partial charge in [-0.05, 0) is 32.1 Å². The third-order valence-electron chi connectivity index (χ3n) is 3.23. The van der Waals surface area contributed by atoms with Crippen molar-refractivity contribution >= 4 is 11.7 Å². The molecule has 0 spiro atoms. The van der Waals surface area contributed by atoms with Crippen LogP contribution in [0.4, 0.5) is 0 Å².